The van der Waals surface area contributed by atoms with Gasteiger partial charge in [0.1, 0.15) is 17.4 Å². The van der Waals surface area contributed by atoms with Gasteiger partial charge in [-0.2, -0.15) is 0 Å². The second kappa shape index (κ2) is 9.97. The van der Waals surface area contributed by atoms with Crippen LogP contribution in [-0.4, -0.2) is 36.5 Å². The summed E-state index contributed by atoms with van der Waals surface area (Å²) in [6.45, 7) is 1.63. The van der Waals surface area contributed by atoms with Crippen LogP contribution in [0.2, 0.25) is 0 Å². The van der Waals surface area contributed by atoms with E-state index in [1.807, 2.05) is 29.2 Å². The van der Waals surface area contributed by atoms with Crippen LogP contribution in [-0.2, 0) is 6.54 Å². The van der Waals surface area contributed by atoms with E-state index < -0.39 is 0 Å². The van der Waals surface area contributed by atoms with Gasteiger partial charge in [-0.3, -0.25) is 4.79 Å². The number of aromatic nitrogens is 1. The van der Waals surface area contributed by atoms with Crippen LogP contribution >= 0.6 is 0 Å². The van der Waals surface area contributed by atoms with Crippen LogP contribution in [0.15, 0.2) is 88.7 Å². The predicted octanol–water partition coefficient (Wildman–Crippen LogP) is 2.79. The first-order chi connectivity index (χ1) is 15.6. The smallest absolute Gasteiger partial charge is 0.302 e. The number of pyridine rings is 1. The molecule has 3 heterocycles. The van der Waals surface area contributed by atoms with Gasteiger partial charge in [-0.1, -0.05) is 11.5 Å². The molecule has 0 saturated heterocycles. The third-order valence-electron chi connectivity index (χ3n) is 4.99. The average Bonchev–Trinajstić information content (AvgIpc) is 3.34. The van der Waals surface area contributed by atoms with E-state index >= 15 is 0 Å². The highest BCUT2D eigenvalue weighted by atomic mass is 19.1. The van der Waals surface area contributed by atoms with Crippen LogP contribution in [0.4, 0.5) is 15.9 Å². The van der Waals surface area contributed by atoms with Crippen molar-refractivity contribution < 1.29 is 18.6 Å². The minimum atomic E-state index is -0.365. The molecule has 9 heteroatoms. The van der Waals surface area contributed by atoms with E-state index in [-0.39, 0.29) is 19.2 Å². The van der Waals surface area contributed by atoms with Crippen LogP contribution in [0.1, 0.15) is 16.1 Å². The summed E-state index contributed by atoms with van der Waals surface area (Å²) in [4.78, 5) is 19.0. The molecule has 1 aliphatic heterocycles. The molecular formula is C23H22BFN4O3. The zero-order valence-corrected chi connectivity index (χ0v) is 17.3. The van der Waals surface area contributed by atoms with Crippen molar-refractivity contribution in [2.75, 3.05) is 23.3 Å². The Morgan fingerprint density at radius 3 is 2.66 bits per heavy atom. The highest BCUT2D eigenvalue weighted by Gasteiger charge is 2.16. The molecule has 0 fully saturated rings. The molecule has 0 bridgehead atoms. The Morgan fingerprint density at radius 2 is 2.03 bits per heavy atom. The molecule has 162 valence electrons. The third-order valence-corrected chi connectivity index (χ3v) is 4.99. The summed E-state index contributed by atoms with van der Waals surface area (Å²) < 4.78 is 18.6. The van der Waals surface area contributed by atoms with Crippen molar-refractivity contribution in [2.45, 2.75) is 6.54 Å². The topological polar surface area (TPSA) is 90.6 Å². The second-order valence-electron chi connectivity index (χ2n) is 7.33. The van der Waals surface area contributed by atoms with Crippen molar-refractivity contribution in [2.24, 2.45) is 0 Å². The van der Waals surface area contributed by atoms with E-state index in [9.17, 15) is 14.2 Å². The lowest BCUT2D eigenvalue weighted by molar-refractivity contribution is 0.102. The number of nitrogens with zero attached hydrogens (tertiary/aromatic N) is 2. The third kappa shape index (κ3) is 5.44. The summed E-state index contributed by atoms with van der Waals surface area (Å²) in [5.41, 5.74) is 2.79. The maximum Gasteiger partial charge on any atom is 0.302 e. The van der Waals surface area contributed by atoms with Crippen molar-refractivity contribution in [3.05, 3.63) is 101 Å². The van der Waals surface area contributed by atoms with Gasteiger partial charge in [0, 0.05) is 24.1 Å². The highest BCUT2D eigenvalue weighted by molar-refractivity contribution is 6.36. The van der Waals surface area contributed by atoms with E-state index in [0.29, 0.717) is 36.7 Å². The van der Waals surface area contributed by atoms with Gasteiger partial charge in [-0.05, 0) is 54.6 Å². The number of hydrogen-bond donors (Lipinski definition) is 3. The van der Waals surface area contributed by atoms with Crippen molar-refractivity contribution in [3.63, 3.8) is 0 Å². The Morgan fingerprint density at radius 1 is 1.19 bits per heavy atom. The van der Waals surface area contributed by atoms with Gasteiger partial charge in [0.15, 0.2) is 0 Å². The van der Waals surface area contributed by atoms with Gasteiger partial charge in [-0.15, -0.1) is 0 Å². The lowest BCUT2D eigenvalue weighted by atomic mass is 9.86. The highest BCUT2D eigenvalue weighted by Crippen LogP contribution is 2.19. The Bertz CT molecular complexity index is 1110. The SMILES string of the molecule is O=C(Nc1ccc(F)cc1)c1ccc(N(CC2=CC=C(BO)CN2)Cc2ccco2)nc1. The van der Waals surface area contributed by atoms with Crippen molar-refractivity contribution >= 4 is 24.9 Å². The number of anilines is 2. The van der Waals surface area contributed by atoms with Gasteiger partial charge in [0.25, 0.3) is 5.91 Å². The summed E-state index contributed by atoms with van der Waals surface area (Å²) in [5, 5.41) is 15.3. The zero-order valence-electron chi connectivity index (χ0n) is 17.3. The van der Waals surface area contributed by atoms with Gasteiger partial charge in [0.05, 0.1) is 24.9 Å². The number of hydrogen-bond acceptors (Lipinski definition) is 6. The molecule has 3 N–H and O–H groups in total. The first kappa shape index (κ1) is 21.4. The van der Waals surface area contributed by atoms with E-state index in [0.717, 1.165) is 16.9 Å². The molecule has 0 radical (unpaired) electrons. The van der Waals surface area contributed by atoms with Gasteiger partial charge in [-0.25, -0.2) is 9.37 Å². The van der Waals surface area contributed by atoms with Crippen molar-refractivity contribution in [3.8, 4) is 0 Å². The Labute approximate surface area is 185 Å². The van der Waals surface area contributed by atoms with Crippen molar-refractivity contribution in [1.29, 1.82) is 0 Å². The number of nitrogens with one attached hydrogen (secondary N) is 2. The summed E-state index contributed by atoms with van der Waals surface area (Å²) in [7, 11) is 0.0237. The standard InChI is InChI=1S/C23H22BFN4O3/c25-18-5-8-19(9-6-18)28-23(30)16-3-10-22(27-12-16)29(15-21-2-1-11-32-21)14-20-7-4-17(24-31)13-26-20/h1-12,24,26,31H,13-15H2,(H,28,30). The van der Waals surface area contributed by atoms with Crippen LogP contribution in [0, 0.1) is 5.82 Å². The number of benzene rings is 1. The predicted molar refractivity (Wildman–Crippen MR) is 122 cm³/mol. The van der Waals surface area contributed by atoms with Crippen molar-refractivity contribution in [1.82, 2.24) is 10.3 Å². The van der Waals surface area contributed by atoms with Gasteiger partial charge >= 0.3 is 7.48 Å². The largest absolute Gasteiger partial charge is 0.467 e. The minimum Gasteiger partial charge on any atom is -0.467 e. The van der Waals surface area contributed by atoms with E-state index in [1.54, 1.807) is 18.4 Å². The molecule has 7 nitrogen and oxygen atoms in total. The Hall–Kier alpha value is -3.85. The molecule has 0 atom stereocenters. The monoisotopic (exact) mass is 432 g/mol. The number of allylic oxidation sites excluding steroid dienone is 2. The quantitative estimate of drug-likeness (QED) is 0.475. The lowest BCUT2D eigenvalue weighted by Gasteiger charge is -2.26. The number of amides is 1. The number of halogens is 1. The number of furan rings is 1. The molecule has 3 aromatic rings. The number of carbonyl (C=O) groups is 1. The van der Waals surface area contributed by atoms with E-state index in [1.165, 1.54) is 30.5 Å². The molecule has 1 aromatic carbocycles. The average molecular weight is 432 g/mol. The molecule has 2 aromatic heterocycles. The van der Waals surface area contributed by atoms with Gasteiger partial charge < -0.3 is 25.0 Å². The first-order valence-electron chi connectivity index (χ1n) is 10.1. The fraction of sp³-hybridized carbons (Fsp3) is 0.130. The summed E-state index contributed by atoms with van der Waals surface area (Å²) in [6.07, 6.45) is 6.98. The summed E-state index contributed by atoms with van der Waals surface area (Å²) in [5.74, 6) is 0.773. The van der Waals surface area contributed by atoms with E-state index in [2.05, 4.69) is 15.6 Å². The lowest BCUT2D eigenvalue weighted by Crippen LogP contribution is -2.33. The first-order valence-corrected chi connectivity index (χ1v) is 10.1. The fourth-order valence-electron chi connectivity index (χ4n) is 3.24. The van der Waals surface area contributed by atoms with Crippen LogP contribution < -0.4 is 15.5 Å². The molecular weight excluding hydrogens is 410 g/mol. The number of rotatable bonds is 8. The van der Waals surface area contributed by atoms with Gasteiger partial charge in [0.2, 0.25) is 0 Å². The Balaban J connectivity index is 1.49. The fourth-order valence-corrected chi connectivity index (χ4v) is 3.24. The molecule has 4 rings (SSSR count). The molecule has 0 aliphatic carbocycles. The molecule has 32 heavy (non-hydrogen) atoms. The normalized spacial score (nSPS) is 12.9. The number of dihydropyridines is 1. The molecule has 0 unspecified atom stereocenters. The maximum atomic E-state index is 13.1. The van der Waals surface area contributed by atoms with Crippen LogP contribution in [0.25, 0.3) is 0 Å². The molecule has 0 spiro atoms. The number of carbonyl (C=O) groups excluding carboxylic acids is 1. The maximum absolute atomic E-state index is 13.1. The van der Waals surface area contributed by atoms with E-state index in [4.69, 9.17) is 4.42 Å². The molecule has 1 amide bonds. The minimum absolute atomic E-state index is 0.0237. The zero-order chi connectivity index (χ0) is 22.3. The Kier molecular flexibility index (Phi) is 6.67. The summed E-state index contributed by atoms with van der Waals surface area (Å²) in [6, 6.07) is 12.8. The van der Waals surface area contributed by atoms with Crippen LogP contribution in [0.5, 0.6) is 0 Å². The molecule has 0 saturated carbocycles. The molecule has 1 aliphatic rings. The van der Waals surface area contributed by atoms with Crippen LogP contribution in [0.3, 0.4) is 0 Å². The summed E-state index contributed by atoms with van der Waals surface area (Å²) >= 11 is 0. The second-order valence-corrected chi connectivity index (χ2v) is 7.33.